The first-order valence-corrected chi connectivity index (χ1v) is 7.44. The predicted molar refractivity (Wildman–Crippen MR) is 77.7 cm³/mol. The number of hydrogen-bond acceptors (Lipinski definition) is 2. The van der Waals surface area contributed by atoms with Gasteiger partial charge in [0.2, 0.25) is 5.91 Å². The Morgan fingerprint density at radius 3 is 2.38 bits per heavy atom. The van der Waals surface area contributed by atoms with E-state index in [4.69, 9.17) is 5.73 Å². The third-order valence-electron chi connectivity index (χ3n) is 4.70. The van der Waals surface area contributed by atoms with Crippen LogP contribution in [0, 0.1) is 17.0 Å². The number of nitrogens with two attached hydrogens (primary N) is 1. The number of hydrogen-bond donors (Lipinski definition) is 2. The molecule has 5 heteroatoms. The summed E-state index contributed by atoms with van der Waals surface area (Å²) in [5, 5.41) is 2.90. The SMILES string of the molecule is CCC(CC)(CN)C(=O)NC1CC1c1c(F)cccc1F. The zero-order chi connectivity index (χ0) is 15.6. The summed E-state index contributed by atoms with van der Waals surface area (Å²) in [7, 11) is 0. The highest BCUT2D eigenvalue weighted by Crippen LogP contribution is 2.43. The van der Waals surface area contributed by atoms with Crippen LogP contribution in [0.2, 0.25) is 0 Å². The lowest BCUT2D eigenvalue weighted by atomic mass is 9.81. The fourth-order valence-corrected chi connectivity index (χ4v) is 2.81. The predicted octanol–water partition coefficient (Wildman–Crippen LogP) is 2.70. The monoisotopic (exact) mass is 296 g/mol. The van der Waals surface area contributed by atoms with Gasteiger partial charge in [0, 0.05) is 24.1 Å². The van der Waals surface area contributed by atoms with E-state index in [0.29, 0.717) is 19.3 Å². The summed E-state index contributed by atoms with van der Waals surface area (Å²) in [6.07, 6.45) is 1.87. The third kappa shape index (κ3) is 2.93. The minimum atomic E-state index is -0.582. The maximum absolute atomic E-state index is 13.7. The summed E-state index contributed by atoms with van der Waals surface area (Å²) in [6.45, 7) is 4.13. The van der Waals surface area contributed by atoms with Gasteiger partial charge in [-0.1, -0.05) is 19.9 Å². The van der Waals surface area contributed by atoms with Crippen molar-refractivity contribution in [2.24, 2.45) is 11.1 Å². The standard InChI is InChI=1S/C16H22F2N2O/c1-3-16(4-2,9-19)15(21)20-13-8-10(13)14-11(17)6-5-7-12(14)18/h5-7,10,13H,3-4,8-9,19H2,1-2H3,(H,20,21). The number of carbonyl (C=O) groups excluding carboxylic acids is 1. The molecule has 21 heavy (non-hydrogen) atoms. The van der Waals surface area contributed by atoms with Crippen LogP contribution in [-0.4, -0.2) is 18.5 Å². The lowest BCUT2D eigenvalue weighted by Gasteiger charge is -2.28. The van der Waals surface area contributed by atoms with Gasteiger partial charge < -0.3 is 11.1 Å². The molecule has 1 aromatic carbocycles. The highest BCUT2D eigenvalue weighted by atomic mass is 19.1. The molecule has 2 unspecified atom stereocenters. The van der Waals surface area contributed by atoms with E-state index >= 15 is 0 Å². The Hall–Kier alpha value is -1.49. The summed E-state index contributed by atoms with van der Waals surface area (Å²) in [5.41, 5.74) is 5.23. The summed E-state index contributed by atoms with van der Waals surface area (Å²) < 4.78 is 27.4. The van der Waals surface area contributed by atoms with Crippen LogP contribution in [0.25, 0.3) is 0 Å². The number of halogens is 2. The molecule has 2 atom stereocenters. The zero-order valence-corrected chi connectivity index (χ0v) is 12.5. The van der Waals surface area contributed by atoms with Crippen molar-refractivity contribution in [3.63, 3.8) is 0 Å². The van der Waals surface area contributed by atoms with Crippen LogP contribution in [0.3, 0.4) is 0 Å². The van der Waals surface area contributed by atoms with Gasteiger partial charge in [-0.2, -0.15) is 0 Å². The molecule has 0 saturated heterocycles. The van der Waals surface area contributed by atoms with Crippen LogP contribution < -0.4 is 11.1 Å². The summed E-state index contributed by atoms with van der Waals surface area (Å²) in [5.74, 6) is -1.49. The Morgan fingerprint density at radius 2 is 1.90 bits per heavy atom. The molecule has 0 spiro atoms. The van der Waals surface area contributed by atoms with Gasteiger partial charge in [0.1, 0.15) is 11.6 Å². The van der Waals surface area contributed by atoms with Crippen molar-refractivity contribution in [3.05, 3.63) is 35.4 Å². The maximum Gasteiger partial charge on any atom is 0.227 e. The fourth-order valence-electron chi connectivity index (χ4n) is 2.81. The molecule has 1 amide bonds. The molecule has 0 heterocycles. The smallest absolute Gasteiger partial charge is 0.227 e. The molecule has 116 valence electrons. The van der Waals surface area contributed by atoms with E-state index in [0.717, 1.165) is 0 Å². The van der Waals surface area contributed by atoms with Gasteiger partial charge in [0.15, 0.2) is 0 Å². The van der Waals surface area contributed by atoms with Crippen LogP contribution in [0.5, 0.6) is 0 Å². The van der Waals surface area contributed by atoms with E-state index in [1.54, 1.807) is 0 Å². The minimum absolute atomic E-state index is 0.0779. The fraction of sp³-hybridized carbons (Fsp3) is 0.562. The van der Waals surface area contributed by atoms with Crippen molar-refractivity contribution < 1.29 is 13.6 Å². The number of rotatable bonds is 6. The van der Waals surface area contributed by atoms with Gasteiger partial charge in [-0.05, 0) is 31.4 Å². The van der Waals surface area contributed by atoms with Crippen LogP contribution >= 0.6 is 0 Å². The first-order valence-electron chi connectivity index (χ1n) is 7.44. The molecule has 2 rings (SSSR count). The van der Waals surface area contributed by atoms with E-state index in [-0.39, 0.29) is 30.0 Å². The molecule has 3 nitrogen and oxygen atoms in total. The Balaban J connectivity index is 2.06. The Bertz CT molecular complexity index is 500. The largest absolute Gasteiger partial charge is 0.352 e. The second-order valence-electron chi connectivity index (χ2n) is 5.75. The quantitative estimate of drug-likeness (QED) is 0.848. The van der Waals surface area contributed by atoms with E-state index in [2.05, 4.69) is 5.32 Å². The van der Waals surface area contributed by atoms with Gasteiger partial charge in [0.25, 0.3) is 0 Å². The molecule has 1 aromatic rings. The molecular formula is C16H22F2N2O. The van der Waals surface area contributed by atoms with Crippen LogP contribution in [0.15, 0.2) is 18.2 Å². The van der Waals surface area contributed by atoms with Crippen LogP contribution in [0.1, 0.15) is 44.6 Å². The van der Waals surface area contributed by atoms with E-state index in [9.17, 15) is 13.6 Å². The lowest BCUT2D eigenvalue weighted by Crippen LogP contribution is -2.46. The lowest BCUT2D eigenvalue weighted by molar-refractivity contribution is -0.131. The normalized spacial score (nSPS) is 21.2. The Labute approximate surface area is 123 Å². The first kappa shape index (κ1) is 15.9. The maximum atomic E-state index is 13.7. The molecular weight excluding hydrogens is 274 g/mol. The van der Waals surface area contributed by atoms with Crippen molar-refractivity contribution in [2.75, 3.05) is 6.54 Å². The van der Waals surface area contributed by atoms with Gasteiger partial charge >= 0.3 is 0 Å². The average Bonchev–Trinajstić information content (AvgIpc) is 3.20. The Kier molecular flexibility index (Phi) is 4.61. The van der Waals surface area contributed by atoms with Gasteiger partial charge in [-0.25, -0.2) is 8.78 Å². The number of carbonyl (C=O) groups is 1. The van der Waals surface area contributed by atoms with Crippen molar-refractivity contribution >= 4 is 5.91 Å². The zero-order valence-electron chi connectivity index (χ0n) is 12.5. The van der Waals surface area contributed by atoms with Crippen LogP contribution in [0.4, 0.5) is 8.78 Å². The van der Waals surface area contributed by atoms with E-state index in [1.165, 1.54) is 18.2 Å². The van der Waals surface area contributed by atoms with Gasteiger partial charge in [-0.3, -0.25) is 4.79 Å². The highest BCUT2D eigenvalue weighted by Gasteiger charge is 2.45. The summed E-state index contributed by atoms with van der Waals surface area (Å²) in [4.78, 5) is 12.4. The van der Waals surface area contributed by atoms with Crippen molar-refractivity contribution in [3.8, 4) is 0 Å². The molecule has 1 saturated carbocycles. The molecule has 1 aliphatic carbocycles. The molecule has 0 aliphatic heterocycles. The number of nitrogens with one attached hydrogen (secondary N) is 1. The first-order chi connectivity index (χ1) is 9.99. The minimum Gasteiger partial charge on any atom is -0.352 e. The van der Waals surface area contributed by atoms with Crippen molar-refractivity contribution in [2.45, 2.75) is 45.1 Å². The van der Waals surface area contributed by atoms with E-state index in [1.807, 2.05) is 13.8 Å². The van der Waals surface area contributed by atoms with Crippen LogP contribution in [-0.2, 0) is 4.79 Å². The van der Waals surface area contributed by atoms with E-state index < -0.39 is 17.0 Å². The number of benzene rings is 1. The van der Waals surface area contributed by atoms with Crippen molar-refractivity contribution in [1.82, 2.24) is 5.32 Å². The molecule has 1 fully saturated rings. The summed E-state index contributed by atoms with van der Waals surface area (Å²) >= 11 is 0. The second kappa shape index (κ2) is 6.10. The topological polar surface area (TPSA) is 55.1 Å². The highest BCUT2D eigenvalue weighted by molar-refractivity contribution is 5.83. The average molecular weight is 296 g/mol. The second-order valence-corrected chi connectivity index (χ2v) is 5.75. The molecule has 3 N–H and O–H groups in total. The van der Waals surface area contributed by atoms with Gasteiger partial charge in [-0.15, -0.1) is 0 Å². The molecule has 0 radical (unpaired) electrons. The Morgan fingerprint density at radius 1 is 1.33 bits per heavy atom. The summed E-state index contributed by atoms with van der Waals surface area (Å²) in [6, 6.07) is 3.64. The van der Waals surface area contributed by atoms with Gasteiger partial charge in [0.05, 0.1) is 5.41 Å². The van der Waals surface area contributed by atoms with Crippen molar-refractivity contribution in [1.29, 1.82) is 0 Å². The molecule has 0 aromatic heterocycles. The molecule has 1 aliphatic rings. The third-order valence-corrected chi connectivity index (χ3v) is 4.70. The molecule has 0 bridgehead atoms. The number of amides is 1.